The molecule has 0 aliphatic carbocycles. The van der Waals surface area contributed by atoms with E-state index in [-0.39, 0.29) is 19.6 Å². The van der Waals surface area contributed by atoms with E-state index in [1.165, 1.54) is 57.8 Å². The number of unbranched alkanes of at least 4 members (excludes halogenated alkanes) is 16. The third-order valence-electron chi connectivity index (χ3n) is 8.22. The molecule has 0 saturated carbocycles. The Kier molecular flexibility index (Phi) is 37.0. The molecule has 0 fully saturated rings. The maximum absolute atomic E-state index is 12.6. The van der Waals surface area contributed by atoms with E-state index in [4.69, 9.17) is 23.6 Å². The van der Waals surface area contributed by atoms with Crippen LogP contribution in [0.4, 0.5) is 0 Å². The number of rotatable bonds is 38. The predicted octanol–water partition coefficient (Wildman–Crippen LogP) is 10.6. The molecule has 0 aromatic heterocycles. The quantitative estimate of drug-likeness (QED) is 0.0245. The third kappa shape index (κ3) is 38.0. The van der Waals surface area contributed by atoms with Gasteiger partial charge in [-0.3, -0.25) is 13.8 Å². The molecule has 0 aliphatic heterocycles. The van der Waals surface area contributed by atoms with Crippen LogP contribution in [0.1, 0.15) is 162 Å². The van der Waals surface area contributed by atoms with Crippen molar-refractivity contribution in [2.45, 2.75) is 174 Å². The molecule has 51 heavy (non-hydrogen) atoms. The van der Waals surface area contributed by atoms with Crippen LogP contribution in [-0.4, -0.2) is 66.3 Å². The molecule has 0 saturated heterocycles. The summed E-state index contributed by atoms with van der Waals surface area (Å²) in [5, 5.41) is 18.3. The van der Waals surface area contributed by atoms with Crippen LogP contribution in [0.3, 0.4) is 0 Å². The Hall–Kier alpha value is -1.58. The fourth-order valence-corrected chi connectivity index (χ4v) is 5.92. The van der Waals surface area contributed by atoms with Crippen LogP contribution in [0.5, 0.6) is 0 Å². The average molecular weight is 743 g/mol. The lowest BCUT2D eigenvalue weighted by Gasteiger charge is -2.20. The van der Waals surface area contributed by atoms with Crippen molar-refractivity contribution in [2.24, 2.45) is 0 Å². The number of hydrogen-bond donors (Lipinski definition) is 3. The number of carbonyl (C=O) groups excluding carboxylic acids is 1. The van der Waals surface area contributed by atoms with Crippen LogP contribution in [0.15, 0.2) is 48.6 Å². The Morgan fingerprint density at radius 2 is 1.10 bits per heavy atom. The number of allylic oxidation sites excluding steroid dienone is 8. The number of hydrogen-bond acceptors (Lipinski definition) is 8. The molecule has 0 aromatic rings. The van der Waals surface area contributed by atoms with Crippen LogP contribution in [-0.2, 0) is 27.9 Å². The molecule has 0 spiro atoms. The molecule has 3 atom stereocenters. The lowest BCUT2D eigenvalue weighted by molar-refractivity contribution is -0.154. The molecule has 10 heteroatoms. The Morgan fingerprint density at radius 3 is 1.65 bits per heavy atom. The van der Waals surface area contributed by atoms with Crippen molar-refractivity contribution in [1.82, 2.24) is 0 Å². The smallest absolute Gasteiger partial charge is 0.457 e. The van der Waals surface area contributed by atoms with Gasteiger partial charge < -0.3 is 24.6 Å². The number of ether oxygens (including phenoxy) is 2. The number of aliphatic hydroxyl groups is 2. The van der Waals surface area contributed by atoms with Gasteiger partial charge in [0.2, 0.25) is 0 Å². The first-order chi connectivity index (χ1) is 24.8. The Balaban J connectivity index is 4.26. The molecular weight excluding hydrogens is 667 g/mol. The fraction of sp³-hybridized carbons (Fsp3) is 0.780. The normalized spacial score (nSPS) is 14.7. The van der Waals surface area contributed by atoms with Crippen molar-refractivity contribution < 1.29 is 43.0 Å². The molecule has 0 radical (unpaired) electrons. The van der Waals surface area contributed by atoms with E-state index in [1.807, 2.05) is 0 Å². The molecule has 0 amide bonds. The van der Waals surface area contributed by atoms with Gasteiger partial charge in [-0.05, 0) is 70.6 Å². The van der Waals surface area contributed by atoms with Crippen LogP contribution < -0.4 is 0 Å². The van der Waals surface area contributed by atoms with E-state index in [2.05, 4.69) is 62.5 Å². The summed E-state index contributed by atoms with van der Waals surface area (Å²) < 4.78 is 33.3. The van der Waals surface area contributed by atoms with E-state index in [1.54, 1.807) is 0 Å². The first-order valence-corrected chi connectivity index (χ1v) is 21.6. The topological polar surface area (TPSA) is 132 Å². The highest BCUT2D eigenvalue weighted by Gasteiger charge is 2.26. The molecule has 0 bridgehead atoms. The SMILES string of the molecule is CCC/C=C\C/C=C\CCCCCCCCOCC(COP(=O)(O)OCC(O)CO)OC(=O)CCCCCCC/C=C\C/C=C\CCCCCC. The van der Waals surface area contributed by atoms with E-state index in [0.29, 0.717) is 13.0 Å². The van der Waals surface area contributed by atoms with Crippen molar-refractivity contribution in [2.75, 3.05) is 33.0 Å². The minimum Gasteiger partial charge on any atom is -0.457 e. The van der Waals surface area contributed by atoms with Crippen molar-refractivity contribution >= 4 is 13.8 Å². The predicted molar refractivity (Wildman–Crippen MR) is 210 cm³/mol. The first-order valence-electron chi connectivity index (χ1n) is 20.1. The van der Waals surface area contributed by atoms with E-state index >= 15 is 0 Å². The molecule has 0 aliphatic rings. The Morgan fingerprint density at radius 1 is 0.608 bits per heavy atom. The second kappa shape index (κ2) is 38.2. The first kappa shape index (κ1) is 49.4. The molecule has 0 aromatic carbocycles. The Bertz CT molecular complexity index is 934. The Labute approximate surface area is 311 Å². The van der Waals surface area contributed by atoms with Gasteiger partial charge in [0.25, 0.3) is 0 Å². The number of phosphoric ester groups is 1. The van der Waals surface area contributed by atoms with Crippen molar-refractivity contribution in [1.29, 1.82) is 0 Å². The minimum atomic E-state index is -4.52. The highest BCUT2D eigenvalue weighted by molar-refractivity contribution is 7.47. The number of phosphoric acid groups is 1. The van der Waals surface area contributed by atoms with Gasteiger partial charge in [0.05, 0.1) is 26.4 Å². The summed E-state index contributed by atoms with van der Waals surface area (Å²) in [5.74, 6) is -0.402. The largest absolute Gasteiger partial charge is 0.472 e. The molecule has 3 N–H and O–H groups in total. The standard InChI is InChI=1S/C41H75O9P/c1-3-5-7-9-11-13-15-17-19-20-21-23-25-27-29-31-33-41(44)50-40(38-49-51(45,46)48-36-39(43)35-42)37-47-34-32-30-28-26-24-22-18-16-14-12-10-8-6-4-2/h8,10,13-16,19-20,39-40,42-43H,3-7,9,11-12,17-18,21-38H2,1-2H3,(H,45,46)/b10-8-,15-13-,16-14-,20-19-. The van der Waals surface area contributed by atoms with Crippen molar-refractivity contribution in [3.8, 4) is 0 Å². The highest BCUT2D eigenvalue weighted by Crippen LogP contribution is 2.43. The molecule has 9 nitrogen and oxygen atoms in total. The maximum atomic E-state index is 12.6. The molecule has 298 valence electrons. The zero-order valence-corrected chi connectivity index (χ0v) is 33.2. The van der Waals surface area contributed by atoms with E-state index in [0.717, 1.165) is 77.0 Å². The lowest BCUT2D eigenvalue weighted by atomic mass is 10.1. The number of carbonyl (C=O) groups is 1. The molecule has 0 rings (SSSR count). The van der Waals surface area contributed by atoms with Crippen LogP contribution >= 0.6 is 7.82 Å². The van der Waals surface area contributed by atoms with Gasteiger partial charge >= 0.3 is 13.8 Å². The van der Waals surface area contributed by atoms with Crippen molar-refractivity contribution in [3.63, 3.8) is 0 Å². The zero-order valence-electron chi connectivity index (χ0n) is 32.3. The maximum Gasteiger partial charge on any atom is 0.472 e. The van der Waals surface area contributed by atoms with E-state index < -0.39 is 39.2 Å². The molecule has 3 unspecified atom stereocenters. The molecular formula is C41H75O9P. The van der Waals surface area contributed by atoms with Gasteiger partial charge in [-0.2, -0.15) is 0 Å². The lowest BCUT2D eigenvalue weighted by Crippen LogP contribution is -2.29. The monoisotopic (exact) mass is 743 g/mol. The summed E-state index contributed by atoms with van der Waals surface area (Å²) >= 11 is 0. The van der Waals surface area contributed by atoms with Crippen molar-refractivity contribution in [3.05, 3.63) is 48.6 Å². The van der Waals surface area contributed by atoms with Crippen LogP contribution in [0, 0.1) is 0 Å². The summed E-state index contributed by atoms with van der Waals surface area (Å²) in [5.41, 5.74) is 0. The fourth-order valence-electron chi connectivity index (χ4n) is 5.13. The summed E-state index contributed by atoms with van der Waals surface area (Å²) in [7, 11) is -4.52. The number of aliphatic hydroxyl groups excluding tert-OH is 2. The van der Waals surface area contributed by atoms with Gasteiger partial charge in [-0.25, -0.2) is 4.57 Å². The average Bonchev–Trinajstić information content (AvgIpc) is 3.12. The van der Waals surface area contributed by atoms with E-state index in [9.17, 15) is 19.4 Å². The summed E-state index contributed by atoms with van der Waals surface area (Å²) in [6.45, 7) is 3.38. The number of esters is 1. The minimum absolute atomic E-state index is 0.0350. The van der Waals surface area contributed by atoms with Gasteiger partial charge in [-0.15, -0.1) is 0 Å². The second-order valence-corrected chi connectivity index (χ2v) is 14.7. The second-order valence-electron chi connectivity index (χ2n) is 13.3. The third-order valence-corrected chi connectivity index (χ3v) is 9.17. The molecule has 0 heterocycles. The summed E-state index contributed by atoms with van der Waals surface area (Å²) in [6, 6.07) is 0. The van der Waals surface area contributed by atoms with Gasteiger partial charge in [0.1, 0.15) is 12.2 Å². The van der Waals surface area contributed by atoms with Gasteiger partial charge in [0, 0.05) is 13.0 Å². The van der Waals surface area contributed by atoms with Gasteiger partial charge in [-0.1, -0.05) is 133 Å². The van der Waals surface area contributed by atoms with Crippen LogP contribution in [0.2, 0.25) is 0 Å². The summed E-state index contributed by atoms with van der Waals surface area (Å²) in [4.78, 5) is 22.5. The van der Waals surface area contributed by atoms with Crippen LogP contribution in [0.25, 0.3) is 0 Å². The van der Waals surface area contributed by atoms with Gasteiger partial charge in [0.15, 0.2) is 0 Å². The highest BCUT2D eigenvalue weighted by atomic mass is 31.2. The zero-order chi connectivity index (χ0) is 37.5. The summed E-state index contributed by atoms with van der Waals surface area (Å²) in [6.07, 6.45) is 40.6.